The number of fused-ring (bicyclic) bond motifs is 1. The minimum absolute atomic E-state index is 0.0863. The van der Waals surface area contributed by atoms with Crippen LogP contribution in [0.25, 0.3) is 0 Å². The van der Waals surface area contributed by atoms with Crippen molar-refractivity contribution in [1.29, 1.82) is 0 Å². The van der Waals surface area contributed by atoms with E-state index in [0.29, 0.717) is 0 Å². The van der Waals surface area contributed by atoms with Gasteiger partial charge in [-0.1, -0.05) is 12.8 Å². The topological polar surface area (TPSA) is 57.6 Å². The maximum Gasteiger partial charge on any atom is 0.233 e. The third kappa shape index (κ3) is 1.78. The Morgan fingerprint density at radius 3 is 1.72 bits per heavy atom. The van der Waals surface area contributed by atoms with Crippen LogP contribution in [-0.4, -0.2) is 33.0 Å². The zero-order chi connectivity index (χ0) is 13.7. The fourth-order valence-corrected chi connectivity index (χ4v) is 2.99. The summed E-state index contributed by atoms with van der Waals surface area (Å²) in [5, 5.41) is 10.2. The number of aliphatic hydroxyl groups is 1. The molecule has 1 heterocycles. The molecule has 1 saturated heterocycles. The number of amides is 2. The van der Waals surface area contributed by atoms with E-state index in [-0.39, 0.29) is 23.7 Å². The molecule has 18 heavy (non-hydrogen) atoms. The zero-order valence-electron chi connectivity index (χ0n) is 11.7. The lowest BCUT2D eigenvalue weighted by molar-refractivity contribution is -0.157. The molecule has 0 aromatic rings. The van der Waals surface area contributed by atoms with Crippen LogP contribution in [0, 0.1) is 11.8 Å². The highest BCUT2D eigenvalue weighted by Crippen LogP contribution is 2.43. The Bertz CT molecular complexity index is 357. The summed E-state index contributed by atoms with van der Waals surface area (Å²) < 4.78 is 0. The van der Waals surface area contributed by atoms with Crippen molar-refractivity contribution in [1.82, 2.24) is 4.90 Å². The monoisotopic (exact) mass is 253 g/mol. The second kappa shape index (κ2) is 4.05. The molecule has 2 amide bonds. The number of rotatable bonds is 2. The molecule has 2 unspecified atom stereocenters. The molecule has 0 spiro atoms. The van der Waals surface area contributed by atoms with Gasteiger partial charge in [0, 0.05) is 0 Å². The zero-order valence-corrected chi connectivity index (χ0v) is 11.7. The second-order valence-electron chi connectivity index (χ2n) is 6.63. The third-order valence-electron chi connectivity index (χ3n) is 4.90. The first-order valence-corrected chi connectivity index (χ1v) is 6.78. The number of hydrogen-bond acceptors (Lipinski definition) is 3. The molecule has 1 N–H and O–H groups in total. The van der Waals surface area contributed by atoms with E-state index in [2.05, 4.69) is 0 Å². The van der Waals surface area contributed by atoms with Gasteiger partial charge in [-0.05, 0) is 40.5 Å². The Morgan fingerprint density at radius 1 is 1.00 bits per heavy atom. The number of likely N-dealkylation sites (tertiary alicyclic amines) is 1. The number of nitrogens with zero attached hydrogens (tertiary/aromatic N) is 1. The lowest BCUT2D eigenvalue weighted by Gasteiger charge is -2.43. The van der Waals surface area contributed by atoms with Crippen molar-refractivity contribution < 1.29 is 14.7 Å². The maximum absolute atomic E-state index is 12.4. The van der Waals surface area contributed by atoms with Gasteiger partial charge in [0.05, 0.1) is 23.0 Å². The van der Waals surface area contributed by atoms with Gasteiger partial charge >= 0.3 is 0 Å². The molecule has 1 saturated carbocycles. The lowest BCUT2D eigenvalue weighted by Crippen LogP contribution is -2.60. The molecule has 4 nitrogen and oxygen atoms in total. The molecule has 0 radical (unpaired) electrons. The predicted octanol–water partition coefficient (Wildman–Crippen LogP) is 1.71. The Labute approximate surface area is 108 Å². The molecule has 0 bridgehead atoms. The Morgan fingerprint density at radius 2 is 1.39 bits per heavy atom. The largest absolute Gasteiger partial charge is 0.388 e. The molecule has 0 aromatic heterocycles. The van der Waals surface area contributed by atoms with Crippen LogP contribution in [0.5, 0.6) is 0 Å². The molecule has 4 heteroatoms. The summed E-state index contributed by atoms with van der Waals surface area (Å²) in [6.07, 6.45) is 3.68. The predicted molar refractivity (Wildman–Crippen MR) is 67.7 cm³/mol. The van der Waals surface area contributed by atoms with E-state index < -0.39 is 11.1 Å². The van der Waals surface area contributed by atoms with Crippen molar-refractivity contribution in [2.75, 3.05) is 0 Å². The molecular weight excluding hydrogens is 230 g/mol. The third-order valence-corrected chi connectivity index (χ3v) is 4.90. The fourth-order valence-electron chi connectivity index (χ4n) is 2.99. The summed E-state index contributed by atoms with van der Waals surface area (Å²) in [5.41, 5.74) is -1.97. The van der Waals surface area contributed by atoms with Crippen LogP contribution < -0.4 is 0 Å². The fraction of sp³-hybridized carbons (Fsp3) is 0.857. The molecule has 102 valence electrons. The van der Waals surface area contributed by atoms with Crippen molar-refractivity contribution in [3.63, 3.8) is 0 Å². The van der Waals surface area contributed by atoms with E-state index in [9.17, 15) is 14.7 Å². The van der Waals surface area contributed by atoms with Crippen LogP contribution in [0.1, 0.15) is 53.4 Å². The van der Waals surface area contributed by atoms with Crippen molar-refractivity contribution in [3.8, 4) is 0 Å². The molecular formula is C14H23NO3. The smallest absolute Gasteiger partial charge is 0.233 e. The highest BCUT2D eigenvalue weighted by atomic mass is 16.3. The highest BCUT2D eigenvalue weighted by Gasteiger charge is 2.56. The van der Waals surface area contributed by atoms with Gasteiger partial charge < -0.3 is 5.11 Å². The molecule has 2 atom stereocenters. The standard InChI is InChI=1S/C14H23NO3/c1-13(2,14(3,4)18)15-11(16)9-7-5-6-8-10(9)12(15)17/h9-10,18H,5-8H2,1-4H3. The molecule has 2 aliphatic rings. The van der Waals surface area contributed by atoms with E-state index in [4.69, 9.17) is 0 Å². The normalized spacial score (nSPS) is 29.7. The van der Waals surface area contributed by atoms with Crippen molar-refractivity contribution in [2.45, 2.75) is 64.5 Å². The minimum Gasteiger partial charge on any atom is -0.388 e. The summed E-state index contributed by atoms with van der Waals surface area (Å²) in [5.74, 6) is -0.464. The van der Waals surface area contributed by atoms with Gasteiger partial charge in [0.2, 0.25) is 11.8 Å². The molecule has 1 aliphatic carbocycles. The van der Waals surface area contributed by atoms with Crippen molar-refractivity contribution in [3.05, 3.63) is 0 Å². The summed E-state index contributed by atoms with van der Waals surface area (Å²) in [7, 11) is 0. The van der Waals surface area contributed by atoms with Crippen LogP contribution in [0.3, 0.4) is 0 Å². The van der Waals surface area contributed by atoms with Gasteiger partial charge in [-0.25, -0.2) is 0 Å². The van der Waals surface area contributed by atoms with E-state index in [1.165, 1.54) is 4.90 Å². The van der Waals surface area contributed by atoms with E-state index in [0.717, 1.165) is 25.7 Å². The van der Waals surface area contributed by atoms with Crippen LogP contribution in [0.15, 0.2) is 0 Å². The van der Waals surface area contributed by atoms with Gasteiger partial charge in [-0.3, -0.25) is 14.5 Å². The summed E-state index contributed by atoms with van der Waals surface area (Å²) >= 11 is 0. The summed E-state index contributed by atoms with van der Waals surface area (Å²) in [6.45, 7) is 6.82. The number of carbonyl (C=O) groups is 2. The molecule has 2 fully saturated rings. The lowest BCUT2D eigenvalue weighted by atomic mass is 9.81. The van der Waals surface area contributed by atoms with Crippen molar-refractivity contribution >= 4 is 11.8 Å². The first-order valence-electron chi connectivity index (χ1n) is 6.78. The van der Waals surface area contributed by atoms with Crippen LogP contribution in [0.4, 0.5) is 0 Å². The minimum atomic E-state index is -1.11. The van der Waals surface area contributed by atoms with Gasteiger partial charge in [-0.2, -0.15) is 0 Å². The quantitative estimate of drug-likeness (QED) is 0.762. The average Bonchev–Trinajstić information content (AvgIpc) is 2.51. The van der Waals surface area contributed by atoms with E-state index in [1.807, 2.05) is 0 Å². The highest BCUT2D eigenvalue weighted by molar-refractivity contribution is 6.06. The van der Waals surface area contributed by atoms with Crippen LogP contribution >= 0.6 is 0 Å². The maximum atomic E-state index is 12.4. The Balaban J connectivity index is 2.35. The van der Waals surface area contributed by atoms with Crippen molar-refractivity contribution in [2.24, 2.45) is 11.8 Å². The Kier molecular flexibility index (Phi) is 3.05. The van der Waals surface area contributed by atoms with Gasteiger partial charge in [0.25, 0.3) is 0 Å². The van der Waals surface area contributed by atoms with Gasteiger partial charge in [-0.15, -0.1) is 0 Å². The molecule has 1 aliphatic heterocycles. The van der Waals surface area contributed by atoms with Crippen LogP contribution in [0.2, 0.25) is 0 Å². The average molecular weight is 253 g/mol. The molecule has 0 aromatic carbocycles. The second-order valence-corrected chi connectivity index (χ2v) is 6.63. The first-order chi connectivity index (χ1) is 8.18. The summed E-state index contributed by atoms with van der Waals surface area (Å²) in [6, 6.07) is 0. The van der Waals surface area contributed by atoms with Gasteiger partial charge in [0.1, 0.15) is 0 Å². The van der Waals surface area contributed by atoms with Gasteiger partial charge in [0.15, 0.2) is 0 Å². The Hall–Kier alpha value is -0.900. The SMILES string of the molecule is CC(C)(O)C(C)(C)N1C(=O)C2CCCCC2C1=O. The number of carbonyl (C=O) groups excluding carboxylic acids is 2. The molecule has 2 rings (SSSR count). The van der Waals surface area contributed by atoms with Crippen LogP contribution in [-0.2, 0) is 9.59 Å². The van der Waals surface area contributed by atoms with E-state index in [1.54, 1.807) is 27.7 Å². The number of imide groups is 1. The number of hydrogen-bond donors (Lipinski definition) is 1. The van der Waals surface area contributed by atoms with E-state index >= 15 is 0 Å². The first kappa shape index (κ1) is 13.5. The summed E-state index contributed by atoms with van der Waals surface area (Å²) in [4.78, 5) is 26.2.